The number of phenolic OH excluding ortho intramolecular Hbond substituents is 1. The quantitative estimate of drug-likeness (QED) is 0.433. The molecule has 3 heterocycles. The van der Waals surface area contributed by atoms with Crippen LogP contribution < -0.4 is 10.9 Å². The van der Waals surface area contributed by atoms with Gasteiger partial charge in [0, 0.05) is 29.0 Å². The molecule has 0 aliphatic heterocycles. The number of hydrogen-bond donors (Lipinski definition) is 3. The number of benzene rings is 2. The Morgan fingerprint density at radius 3 is 2.67 bits per heavy atom. The van der Waals surface area contributed by atoms with E-state index in [1.54, 1.807) is 40.9 Å². The number of carbonyl (C=O) groups excluding carboxylic acids is 1. The van der Waals surface area contributed by atoms with Gasteiger partial charge in [-0.05, 0) is 42.5 Å². The van der Waals surface area contributed by atoms with Crippen LogP contribution in [0.3, 0.4) is 0 Å². The van der Waals surface area contributed by atoms with E-state index in [9.17, 15) is 14.7 Å². The van der Waals surface area contributed by atoms with Crippen LogP contribution in [0.25, 0.3) is 27.7 Å². The molecule has 0 fully saturated rings. The highest BCUT2D eigenvalue weighted by atomic mass is 16.3. The molecular weight excluding hydrogens is 382 g/mol. The molecule has 0 atom stereocenters. The van der Waals surface area contributed by atoms with Gasteiger partial charge < -0.3 is 14.8 Å². The number of H-pyrrole nitrogens is 1. The molecule has 30 heavy (non-hydrogen) atoms. The summed E-state index contributed by atoms with van der Waals surface area (Å²) in [5, 5.41) is 20.1. The number of amides is 1. The molecule has 0 radical (unpaired) electrons. The third kappa shape index (κ3) is 3.06. The van der Waals surface area contributed by atoms with Gasteiger partial charge in [-0.1, -0.05) is 18.2 Å². The fraction of sp³-hybridized carbons (Fsp3) is 0. The van der Waals surface area contributed by atoms with Crippen molar-refractivity contribution in [2.45, 2.75) is 0 Å². The highest BCUT2D eigenvalue weighted by Crippen LogP contribution is 2.27. The zero-order chi connectivity index (χ0) is 20.7. The summed E-state index contributed by atoms with van der Waals surface area (Å²) in [7, 11) is 0. The smallest absolute Gasteiger partial charge is 0.275 e. The van der Waals surface area contributed by atoms with Crippen LogP contribution in [0.4, 0.5) is 5.69 Å². The molecule has 5 rings (SSSR count). The maximum absolute atomic E-state index is 12.5. The number of nitrogens with one attached hydrogen (secondary N) is 2. The van der Waals surface area contributed by atoms with Crippen molar-refractivity contribution in [2.24, 2.45) is 0 Å². The van der Waals surface area contributed by atoms with Gasteiger partial charge in [0.1, 0.15) is 17.1 Å². The molecule has 0 bridgehead atoms. The van der Waals surface area contributed by atoms with E-state index in [1.165, 1.54) is 12.1 Å². The summed E-state index contributed by atoms with van der Waals surface area (Å²) in [6.07, 6.45) is 3.50. The topological polar surface area (TPSA) is 112 Å². The average Bonchev–Trinajstić information content (AvgIpc) is 3.20. The van der Waals surface area contributed by atoms with Gasteiger partial charge in [0.15, 0.2) is 0 Å². The molecule has 0 saturated carbocycles. The molecule has 3 aromatic heterocycles. The van der Waals surface area contributed by atoms with Crippen LogP contribution in [0, 0.1) is 0 Å². The van der Waals surface area contributed by atoms with Gasteiger partial charge in [0.05, 0.1) is 11.1 Å². The minimum Gasteiger partial charge on any atom is -0.508 e. The summed E-state index contributed by atoms with van der Waals surface area (Å²) in [5.41, 5.74) is 2.57. The minimum atomic E-state index is -0.374. The molecule has 0 spiro atoms. The number of aromatic amines is 1. The Morgan fingerprint density at radius 2 is 1.87 bits per heavy atom. The summed E-state index contributed by atoms with van der Waals surface area (Å²) in [6.45, 7) is 0. The molecule has 0 saturated heterocycles. The lowest BCUT2D eigenvalue weighted by molar-refractivity contribution is 0.102. The first-order chi connectivity index (χ1) is 14.6. The van der Waals surface area contributed by atoms with E-state index < -0.39 is 0 Å². The molecule has 8 nitrogen and oxygen atoms in total. The number of hydrogen-bond acceptors (Lipinski definition) is 5. The first kappa shape index (κ1) is 17.6. The Morgan fingerprint density at radius 1 is 1.03 bits per heavy atom. The number of anilines is 1. The highest BCUT2D eigenvalue weighted by molar-refractivity contribution is 6.03. The maximum Gasteiger partial charge on any atom is 0.275 e. The summed E-state index contributed by atoms with van der Waals surface area (Å²) >= 11 is 0. The normalized spacial score (nSPS) is 11.1. The van der Waals surface area contributed by atoms with Crippen LogP contribution in [-0.4, -0.2) is 30.6 Å². The van der Waals surface area contributed by atoms with Crippen molar-refractivity contribution >= 4 is 28.0 Å². The van der Waals surface area contributed by atoms with Crippen LogP contribution in [-0.2, 0) is 0 Å². The zero-order valence-corrected chi connectivity index (χ0v) is 15.5. The lowest BCUT2D eigenvalue weighted by Gasteiger charge is -2.07. The summed E-state index contributed by atoms with van der Waals surface area (Å²) in [4.78, 5) is 28.8. The van der Waals surface area contributed by atoms with E-state index in [0.717, 1.165) is 5.56 Å². The van der Waals surface area contributed by atoms with Gasteiger partial charge in [0.25, 0.3) is 11.5 Å². The van der Waals surface area contributed by atoms with E-state index in [2.05, 4.69) is 20.5 Å². The lowest BCUT2D eigenvalue weighted by Crippen LogP contribution is -2.12. The SMILES string of the molecule is O=C(Nc1ccc(-c2n[nH]c(=O)c3cc(O)ccc23)cc1)c1cn2ccccc2n1. The Hall–Kier alpha value is -4.46. The van der Waals surface area contributed by atoms with Gasteiger partial charge in [-0.25, -0.2) is 10.1 Å². The minimum absolute atomic E-state index is 0.00940. The summed E-state index contributed by atoms with van der Waals surface area (Å²) in [6, 6.07) is 17.2. The van der Waals surface area contributed by atoms with Gasteiger partial charge in [-0.3, -0.25) is 9.59 Å². The van der Waals surface area contributed by atoms with E-state index in [0.29, 0.717) is 33.5 Å². The van der Waals surface area contributed by atoms with Crippen LogP contribution in [0.1, 0.15) is 10.5 Å². The number of imidazole rings is 1. The molecule has 2 aromatic carbocycles. The van der Waals surface area contributed by atoms with E-state index >= 15 is 0 Å². The second-order valence-electron chi connectivity index (χ2n) is 6.75. The molecule has 0 aliphatic rings. The van der Waals surface area contributed by atoms with E-state index in [1.807, 2.05) is 24.4 Å². The third-order valence-corrected chi connectivity index (χ3v) is 4.78. The zero-order valence-electron chi connectivity index (χ0n) is 15.5. The standard InChI is InChI=1S/C22H15N5O3/c28-15-8-9-16-17(11-15)21(29)26-25-20(16)13-4-6-14(7-5-13)23-22(30)18-12-27-10-2-1-3-19(27)24-18/h1-12,28H,(H,23,30)(H,26,29). The van der Waals surface area contributed by atoms with Crippen LogP contribution >= 0.6 is 0 Å². The number of aromatic nitrogens is 4. The third-order valence-electron chi connectivity index (χ3n) is 4.78. The predicted octanol–water partition coefficient (Wildman–Crippen LogP) is 3.20. The number of fused-ring (bicyclic) bond motifs is 2. The van der Waals surface area contributed by atoms with Crippen molar-refractivity contribution in [3.63, 3.8) is 0 Å². The van der Waals surface area contributed by atoms with Gasteiger partial charge in [-0.2, -0.15) is 5.10 Å². The second kappa shape index (κ2) is 6.85. The summed E-state index contributed by atoms with van der Waals surface area (Å²) in [5.74, 6) is -0.301. The molecule has 1 amide bonds. The molecule has 5 aromatic rings. The molecule has 0 unspecified atom stereocenters. The van der Waals surface area contributed by atoms with Crippen molar-refractivity contribution in [3.8, 4) is 17.0 Å². The van der Waals surface area contributed by atoms with Crippen LogP contribution in [0.5, 0.6) is 5.75 Å². The van der Waals surface area contributed by atoms with Crippen molar-refractivity contribution in [2.75, 3.05) is 5.32 Å². The Kier molecular flexibility index (Phi) is 4.03. The Labute approximate surface area is 169 Å². The number of pyridine rings is 1. The largest absolute Gasteiger partial charge is 0.508 e. The molecular formula is C22H15N5O3. The molecule has 0 aliphatic carbocycles. The van der Waals surface area contributed by atoms with Gasteiger partial charge in [-0.15, -0.1) is 0 Å². The first-order valence-electron chi connectivity index (χ1n) is 9.15. The molecule has 146 valence electrons. The van der Waals surface area contributed by atoms with Gasteiger partial charge in [0.2, 0.25) is 0 Å². The highest BCUT2D eigenvalue weighted by Gasteiger charge is 2.12. The summed E-state index contributed by atoms with van der Waals surface area (Å²) < 4.78 is 1.78. The number of phenols is 1. The van der Waals surface area contributed by atoms with E-state index in [4.69, 9.17) is 0 Å². The maximum atomic E-state index is 12.5. The number of carbonyl (C=O) groups is 1. The van der Waals surface area contributed by atoms with E-state index in [-0.39, 0.29) is 17.2 Å². The molecule has 3 N–H and O–H groups in total. The number of rotatable bonds is 3. The number of aromatic hydroxyl groups is 1. The lowest BCUT2D eigenvalue weighted by atomic mass is 10.0. The van der Waals surface area contributed by atoms with Crippen molar-refractivity contribution in [3.05, 3.63) is 89.1 Å². The Balaban J connectivity index is 1.43. The fourth-order valence-electron chi connectivity index (χ4n) is 3.32. The number of nitrogens with zero attached hydrogens (tertiary/aromatic N) is 3. The van der Waals surface area contributed by atoms with Gasteiger partial charge >= 0.3 is 0 Å². The van der Waals surface area contributed by atoms with Crippen molar-refractivity contribution in [1.29, 1.82) is 0 Å². The van der Waals surface area contributed by atoms with Crippen molar-refractivity contribution < 1.29 is 9.90 Å². The van der Waals surface area contributed by atoms with Crippen LogP contribution in [0.2, 0.25) is 0 Å². The van der Waals surface area contributed by atoms with Crippen LogP contribution in [0.15, 0.2) is 77.9 Å². The monoisotopic (exact) mass is 397 g/mol. The molecule has 8 heteroatoms. The predicted molar refractivity (Wildman–Crippen MR) is 113 cm³/mol. The second-order valence-corrected chi connectivity index (χ2v) is 6.75. The van der Waals surface area contributed by atoms with Crippen molar-refractivity contribution in [1.82, 2.24) is 19.6 Å². The first-order valence-corrected chi connectivity index (χ1v) is 9.15. The fourth-order valence-corrected chi connectivity index (χ4v) is 3.32. The average molecular weight is 397 g/mol. The Bertz CT molecular complexity index is 1440.